The number of anilines is 1. The van der Waals surface area contributed by atoms with Gasteiger partial charge in [0.25, 0.3) is 0 Å². The quantitative estimate of drug-likeness (QED) is 0.362. The second kappa shape index (κ2) is 7.03. The Morgan fingerprint density at radius 2 is 1.93 bits per heavy atom. The Morgan fingerprint density at radius 3 is 2.54 bits per heavy atom. The molecule has 0 amide bonds. The minimum absolute atomic E-state index is 0.138. The fourth-order valence-corrected chi connectivity index (χ4v) is 2.69. The lowest BCUT2D eigenvalue weighted by atomic mass is 10.1. The average molecular weight is 378 g/mol. The van der Waals surface area contributed by atoms with Gasteiger partial charge >= 0.3 is 5.69 Å². The first kappa shape index (κ1) is 17.5. The van der Waals surface area contributed by atoms with E-state index in [1.807, 2.05) is 6.07 Å². The highest BCUT2D eigenvalue weighted by atomic mass is 16.3. The van der Waals surface area contributed by atoms with Crippen LogP contribution in [-0.4, -0.2) is 42.4 Å². The van der Waals surface area contributed by atoms with Gasteiger partial charge in [-0.05, 0) is 43.2 Å². The molecular formula is C19H18N6O3. The summed E-state index contributed by atoms with van der Waals surface area (Å²) in [6.45, 7) is 0. The first-order valence-electron chi connectivity index (χ1n) is 8.70. The Labute approximate surface area is 159 Å². The number of nitrogens with zero attached hydrogens (tertiary/aromatic N) is 2. The zero-order valence-corrected chi connectivity index (χ0v) is 14.7. The topological polar surface area (TPSA) is 151 Å². The number of H-pyrrole nitrogens is 2. The van der Waals surface area contributed by atoms with Crippen molar-refractivity contribution in [1.82, 2.24) is 19.9 Å². The normalized spacial score (nSPS) is 14.1. The zero-order chi connectivity index (χ0) is 19.7. The van der Waals surface area contributed by atoms with Crippen LogP contribution in [0, 0.1) is 5.41 Å². The van der Waals surface area contributed by atoms with Gasteiger partial charge in [-0.15, -0.1) is 0 Å². The van der Waals surface area contributed by atoms with Crippen molar-refractivity contribution < 1.29 is 10.2 Å². The van der Waals surface area contributed by atoms with E-state index in [1.54, 1.807) is 24.3 Å². The number of allylic oxidation sites excluding steroid dienone is 1. The van der Waals surface area contributed by atoms with Crippen molar-refractivity contribution in [2.75, 3.05) is 5.32 Å². The van der Waals surface area contributed by atoms with Gasteiger partial charge in [-0.2, -0.15) is 0 Å². The third-order valence-electron chi connectivity index (χ3n) is 4.27. The molecule has 1 aliphatic rings. The lowest BCUT2D eigenvalue weighted by Gasteiger charge is -2.10. The van der Waals surface area contributed by atoms with Crippen LogP contribution in [0.2, 0.25) is 0 Å². The lowest BCUT2D eigenvalue weighted by Crippen LogP contribution is -2.07. The number of phenols is 1. The van der Waals surface area contributed by atoms with Crippen molar-refractivity contribution in [2.24, 2.45) is 0 Å². The van der Waals surface area contributed by atoms with E-state index in [4.69, 9.17) is 5.41 Å². The molecule has 1 fully saturated rings. The van der Waals surface area contributed by atoms with Gasteiger partial charge < -0.3 is 25.9 Å². The summed E-state index contributed by atoms with van der Waals surface area (Å²) in [5, 5.41) is 30.4. The second-order valence-corrected chi connectivity index (χ2v) is 6.51. The molecular weight excluding hydrogens is 360 g/mol. The van der Waals surface area contributed by atoms with Crippen molar-refractivity contribution in [3.8, 4) is 22.9 Å². The Kier molecular flexibility index (Phi) is 4.40. The fourth-order valence-electron chi connectivity index (χ4n) is 2.69. The van der Waals surface area contributed by atoms with Crippen LogP contribution in [0.1, 0.15) is 24.4 Å². The number of phenolic OH excluding ortho intramolecular Hbond substituents is 1. The molecule has 1 saturated carbocycles. The summed E-state index contributed by atoms with van der Waals surface area (Å²) in [4.78, 5) is 25.0. The molecule has 0 unspecified atom stereocenters. The number of hydrogen-bond donors (Lipinski definition) is 6. The predicted octanol–water partition coefficient (Wildman–Crippen LogP) is 2.34. The molecule has 4 rings (SSSR count). The highest BCUT2D eigenvalue weighted by Crippen LogP contribution is 2.28. The summed E-state index contributed by atoms with van der Waals surface area (Å²) in [5.74, 6) is 0.719. The number of aromatic amines is 2. The number of benzene rings is 1. The highest BCUT2D eigenvalue weighted by molar-refractivity contribution is 6.13. The van der Waals surface area contributed by atoms with E-state index in [9.17, 15) is 15.0 Å². The SMILES string of the molecule is N=CC(=Cc1[nH]c(=O)[nH]c1O)c1nc(NC2CC2)cc(-c2ccc(O)cc2)n1. The maximum absolute atomic E-state index is 11.3. The van der Waals surface area contributed by atoms with E-state index in [2.05, 4.69) is 25.3 Å². The van der Waals surface area contributed by atoms with E-state index in [1.165, 1.54) is 6.08 Å². The van der Waals surface area contributed by atoms with Crippen LogP contribution in [0.25, 0.3) is 22.9 Å². The molecule has 9 nitrogen and oxygen atoms in total. The van der Waals surface area contributed by atoms with Gasteiger partial charge in [-0.3, -0.25) is 4.98 Å². The standard InChI is InChI=1S/C19H18N6O3/c20-9-11(7-15-18(27)25-19(28)23-15)17-22-14(10-1-5-13(26)6-2-10)8-16(24-17)21-12-3-4-12/h1-2,5-9,12,20,26-27H,3-4H2,(H,21,22,24)(H2,23,25,28). The Balaban J connectivity index is 1.80. The second-order valence-electron chi connectivity index (χ2n) is 6.51. The fraction of sp³-hybridized carbons (Fsp3) is 0.158. The summed E-state index contributed by atoms with van der Waals surface area (Å²) < 4.78 is 0. The van der Waals surface area contributed by atoms with Crippen LogP contribution in [0.5, 0.6) is 11.6 Å². The van der Waals surface area contributed by atoms with E-state index in [0.717, 1.165) is 24.6 Å². The van der Waals surface area contributed by atoms with E-state index in [-0.39, 0.29) is 23.1 Å². The van der Waals surface area contributed by atoms with Gasteiger partial charge in [-0.25, -0.2) is 14.8 Å². The molecule has 0 atom stereocenters. The van der Waals surface area contributed by atoms with Crippen LogP contribution in [-0.2, 0) is 0 Å². The maximum atomic E-state index is 11.3. The number of aromatic nitrogens is 4. The summed E-state index contributed by atoms with van der Waals surface area (Å²) in [5.41, 5.74) is 1.29. The van der Waals surface area contributed by atoms with Gasteiger partial charge in [0.15, 0.2) is 5.82 Å². The molecule has 0 radical (unpaired) electrons. The molecule has 2 heterocycles. The molecule has 3 aromatic rings. The molecule has 2 aromatic heterocycles. The average Bonchev–Trinajstić information content (AvgIpc) is 3.43. The smallest absolute Gasteiger partial charge is 0.326 e. The van der Waals surface area contributed by atoms with E-state index < -0.39 is 5.69 Å². The van der Waals surface area contributed by atoms with Gasteiger partial charge in [-0.1, -0.05) is 0 Å². The Hall–Kier alpha value is -3.88. The summed E-state index contributed by atoms with van der Waals surface area (Å²) in [6.07, 6.45) is 4.62. The third kappa shape index (κ3) is 3.78. The van der Waals surface area contributed by atoms with Crippen LogP contribution >= 0.6 is 0 Å². The molecule has 142 valence electrons. The molecule has 0 spiro atoms. The summed E-state index contributed by atoms with van der Waals surface area (Å²) in [6, 6.07) is 8.80. The van der Waals surface area contributed by atoms with Gasteiger partial charge in [0.1, 0.15) is 17.3 Å². The molecule has 1 aromatic carbocycles. The number of nitrogens with one attached hydrogen (secondary N) is 4. The zero-order valence-electron chi connectivity index (χ0n) is 14.7. The van der Waals surface area contributed by atoms with Crippen molar-refractivity contribution in [3.63, 3.8) is 0 Å². The number of aromatic hydroxyl groups is 2. The van der Waals surface area contributed by atoms with Crippen LogP contribution in [0.4, 0.5) is 5.82 Å². The molecule has 1 aliphatic carbocycles. The van der Waals surface area contributed by atoms with Crippen molar-refractivity contribution in [1.29, 1.82) is 5.41 Å². The predicted molar refractivity (Wildman–Crippen MR) is 106 cm³/mol. The lowest BCUT2D eigenvalue weighted by molar-refractivity contribution is 0.454. The molecule has 0 aliphatic heterocycles. The first-order valence-corrected chi connectivity index (χ1v) is 8.70. The maximum Gasteiger partial charge on any atom is 0.326 e. The minimum atomic E-state index is -0.553. The van der Waals surface area contributed by atoms with E-state index >= 15 is 0 Å². The van der Waals surface area contributed by atoms with Crippen LogP contribution in [0.3, 0.4) is 0 Å². The molecule has 0 saturated heterocycles. The van der Waals surface area contributed by atoms with Crippen LogP contribution in [0.15, 0.2) is 35.1 Å². The first-order chi connectivity index (χ1) is 13.5. The summed E-state index contributed by atoms with van der Waals surface area (Å²) >= 11 is 0. The van der Waals surface area contributed by atoms with Gasteiger partial charge in [0.05, 0.1) is 5.69 Å². The molecule has 9 heteroatoms. The van der Waals surface area contributed by atoms with Crippen LogP contribution < -0.4 is 11.0 Å². The summed E-state index contributed by atoms with van der Waals surface area (Å²) in [7, 11) is 0. The molecule has 28 heavy (non-hydrogen) atoms. The van der Waals surface area contributed by atoms with Crippen molar-refractivity contribution >= 4 is 23.7 Å². The largest absolute Gasteiger partial charge is 0.508 e. The molecule has 6 N–H and O–H groups in total. The monoisotopic (exact) mass is 378 g/mol. The van der Waals surface area contributed by atoms with Crippen molar-refractivity contribution in [2.45, 2.75) is 18.9 Å². The minimum Gasteiger partial charge on any atom is -0.508 e. The number of rotatable bonds is 6. The number of hydrogen-bond acceptors (Lipinski definition) is 7. The molecule has 0 bridgehead atoms. The number of imidazole rings is 1. The Bertz CT molecular complexity index is 1110. The van der Waals surface area contributed by atoms with E-state index in [0.29, 0.717) is 23.1 Å². The van der Waals surface area contributed by atoms with Crippen molar-refractivity contribution in [3.05, 3.63) is 52.3 Å². The van der Waals surface area contributed by atoms with Gasteiger partial charge in [0, 0.05) is 29.5 Å². The van der Waals surface area contributed by atoms with Gasteiger partial charge in [0.2, 0.25) is 5.88 Å². The highest BCUT2D eigenvalue weighted by Gasteiger charge is 2.22. The Morgan fingerprint density at radius 1 is 1.18 bits per heavy atom. The third-order valence-corrected chi connectivity index (χ3v) is 4.27.